The van der Waals surface area contributed by atoms with Crippen LogP contribution in [0.15, 0.2) is 30.6 Å². The minimum atomic E-state index is -0.0315. The van der Waals surface area contributed by atoms with Crippen molar-refractivity contribution in [3.8, 4) is 5.75 Å². The van der Waals surface area contributed by atoms with E-state index in [1.165, 1.54) is 0 Å². The lowest BCUT2D eigenvalue weighted by molar-refractivity contribution is -0.119. The lowest BCUT2D eigenvalue weighted by atomic mass is 10.1. The van der Waals surface area contributed by atoms with Crippen LogP contribution >= 0.6 is 11.6 Å². The molecule has 0 radical (unpaired) electrons. The largest absolute Gasteiger partial charge is 0.487 e. The molecule has 0 saturated heterocycles. The molecule has 2 aromatic rings. The number of carbonyl (C=O) groups excluding carboxylic acids is 1. The van der Waals surface area contributed by atoms with Crippen LogP contribution in [0.1, 0.15) is 18.9 Å². The summed E-state index contributed by atoms with van der Waals surface area (Å²) in [5.41, 5.74) is 1.81. The van der Waals surface area contributed by atoms with E-state index in [9.17, 15) is 4.79 Å². The van der Waals surface area contributed by atoms with Crippen molar-refractivity contribution in [2.45, 2.75) is 25.9 Å². The van der Waals surface area contributed by atoms with Gasteiger partial charge in [0.2, 0.25) is 5.91 Å². The van der Waals surface area contributed by atoms with Crippen LogP contribution in [0.5, 0.6) is 5.75 Å². The number of carbonyl (C=O) groups is 1. The Labute approximate surface area is 134 Å². The van der Waals surface area contributed by atoms with Gasteiger partial charge in [0.25, 0.3) is 0 Å². The van der Waals surface area contributed by atoms with Crippen LogP contribution in [0.3, 0.4) is 0 Å². The molecular formula is C16H18ClN3O2. The van der Waals surface area contributed by atoms with Crippen molar-refractivity contribution in [1.29, 1.82) is 0 Å². The van der Waals surface area contributed by atoms with Gasteiger partial charge in [0.15, 0.2) is 0 Å². The first-order valence-corrected chi connectivity index (χ1v) is 7.65. The molecule has 116 valence electrons. The fourth-order valence-corrected chi connectivity index (χ4v) is 2.80. The van der Waals surface area contributed by atoms with E-state index in [1.54, 1.807) is 27.9 Å². The normalized spacial score (nSPS) is 17.0. The number of fused-ring (bicyclic) bond motifs is 1. The molecule has 0 unspecified atom stereocenters. The predicted molar refractivity (Wildman–Crippen MR) is 85.4 cm³/mol. The maximum Gasteiger partial charge on any atom is 0.227 e. The summed E-state index contributed by atoms with van der Waals surface area (Å²) in [6.07, 6.45) is 4.80. The van der Waals surface area contributed by atoms with Crippen LogP contribution in [0.2, 0.25) is 5.02 Å². The minimum Gasteiger partial charge on any atom is -0.487 e. The van der Waals surface area contributed by atoms with Gasteiger partial charge >= 0.3 is 0 Å². The van der Waals surface area contributed by atoms with Gasteiger partial charge in [-0.05, 0) is 37.1 Å². The zero-order valence-electron chi connectivity index (χ0n) is 12.6. The molecule has 0 N–H and O–H groups in total. The summed E-state index contributed by atoms with van der Waals surface area (Å²) in [6.45, 7) is 2.50. The molecule has 0 aliphatic carbocycles. The third-order valence-corrected chi connectivity index (χ3v) is 3.90. The van der Waals surface area contributed by atoms with E-state index in [0.717, 1.165) is 11.3 Å². The standard InChI is InChI=1S/C16H18ClN3O2/c1-11-9-20(14-7-13(17)4-5-15(14)22-11)16(21)6-3-12-8-18-19(2)10-12/h4-5,7-8,10-11H,3,6,9H2,1-2H3/t11-/m1/s1. The van der Waals surface area contributed by atoms with Crippen molar-refractivity contribution in [3.05, 3.63) is 41.2 Å². The number of aryl methyl sites for hydroxylation is 2. The maximum atomic E-state index is 12.6. The third-order valence-electron chi connectivity index (χ3n) is 3.67. The average molecular weight is 320 g/mol. The number of aromatic nitrogens is 2. The van der Waals surface area contributed by atoms with Gasteiger partial charge in [0.05, 0.1) is 18.4 Å². The Morgan fingerprint density at radius 3 is 3.05 bits per heavy atom. The molecule has 0 bridgehead atoms. The molecule has 22 heavy (non-hydrogen) atoms. The van der Waals surface area contributed by atoms with Crippen molar-refractivity contribution in [1.82, 2.24) is 9.78 Å². The van der Waals surface area contributed by atoms with E-state index in [-0.39, 0.29) is 12.0 Å². The number of amides is 1. The molecule has 1 aromatic carbocycles. The van der Waals surface area contributed by atoms with Crippen LogP contribution in [-0.4, -0.2) is 28.3 Å². The number of ether oxygens (including phenoxy) is 1. The van der Waals surface area contributed by atoms with Gasteiger partial charge in [-0.1, -0.05) is 11.6 Å². The number of halogens is 1. The summed E-state index contributed by atoms with van der Waals surface area (Å²) in [5, 5.41) is 4.72. The molecule has 6 heteroatoms. The average Bonchev–Trinajstić information content (AvgIpc) is 2.90. The number of benzene rings is 1. The summed E-state index contributed by atoms with van der Waals surface area (Å²) in [7, 11) is 1.87. The van der Waals surface area contributed by atoms with Crippen molar-refractivity contribution in [2.24, 2.45) is 7.05 Å². The highest BCUT2D eigenvalue weighted by Gasteiger charge is 2.27. The highest BCUT2D eigenvalue weighted by Crippen LogP contribution is 2.36. The maximum absolute atomic E-state index is 12.6. The summed E-state index contributed by atoms with van der Waals surface area (Å²) in [4.78, 5) is 14.4. The molecule has 1 aromatic heterocycles. The first-order chi connectivity index (χ1) is 10.5. The Morgan fingerprint density at radius 1 is 1.50 bits per heavy atom. The van der Waals surface area contributed by atoms with Crippen LogP contribution in [0.4, 0.5) is 5.69 Å². The molecule has 2 heterocycles. The molecule has 5 nitrogen and oxygen atoms in total. The van der Waals surface area contributed by atoms with Crippen molar-refractivity contribution in [3.63, 3.8) is 0 Å². The number of nitrogens with zero attached hydrogens (tertiary/aromatic N) is 3. The number of hydrogen-bond acceptors (Lipinski definition) is 3. The fourth-order valence-electron chi connectivity index (χ4n) is 2.63. The van der Waals surface area contributed by atoms with Gasteiger partial charge in [0, 0.05) is 24.7 Å². The first-order valence-electron chi connectivity index (χ1n) is 7.27. The smallest absolute Gasteiger partial charge is 0.227 e. The van der Waals surface area contributed by atoms with Crippen LogP contribution < -0.4 is 9.64 Å². The number of rotatable bonds is 3. The second-order valence-electron chi connectivity index (χ2n) is 5.57. The fraction of sp³-hybridized carbons (Fsp3) is 0.375. The highest BCUT2D eigenvalue weighted by molar-refractivity contribution is 6.31. The topological polar surface area (TPSA) is 47.4 Å². The summed E-state index contributed by atoms with van der Waals surface area (Å²) in [5.74, 6) is 0.778. The van der Waals surface area contributed by atoms with Crippen LogP contribution in [0, 0.1) is 0 Å². The van der Waals surface area contributed by atoms with E-state index in [1.807, 2.05) is 26.2 Å². The van der Waals surface area contributed by atoms with Gasteiger partial charge in [-0.2, -0.15) is 5.10 Å². The van der Waals surface area contributed by atoms with Gasteiger partial charge in [0.1, 0.15) is 11.9 Å². The molecule has 3 rings (SSSR count). The van der Waals surface area contributed by atoms with Crippen LogP contribution in [0.25, 0.3) is 0 Å². The number of hydrogen-bond donors (Lipinski definition) is 0. The molecule has 1 aliphatic heterocycles. The van der Waals surface area contributed by atoms with E-state index in [4.69, 9.17) is 16.3 Å². The SMILES string of the molecule is C[C@@H]1CN(C(=O)CCc2cnn(C)c2)c2cc(Cl)ccc2O1. The van der Waals surface area contributed by atoms with E-state index in [2.05, 4.69) is 5.10 Å². The van der Waals surface area contributed by atoms with E-state index >= 15 is 0 Å². The Hall–Kier alpha value is -2.01. The lowest BCUT2D eigenvalue weighted by Gasteiger charge is -2.33. The first kappa shape index (κ1) is 14.9. The number of anilines is 1. The molecule has 1 aliphatic rings. The Bertz CT molecular complexity index is 698. The summed E-state index contributed by atoms with van der Waals surface area (Å²) >= 11 is 6.05. The molecule has 0 saturated carbocycles. The Kier molecular flexibility index (Phi) is 4.07. The quantitative estimate of drug-likeness (QED) is 0.874. The highest BCUT2D eigenvalue weighted by atomic mass is 35.5. The third kappa shape index (κ3) is 3.09. The zero-order valence-corrected chi connectivity index (χ0v) is 13.4. The van der Waals surface area contributed by atoms with Crippen molar-refractivity contribution < 1.29 is 9.53 Å². The molecule has 0 spiro atoms. The van der Waals surface area contributed by atoms with Gasteiger partial charge in [-0.3, -0.25) is 9.48 Å². The summed E-state index contributed by atoms with van der Waals surface area (Å²) in [6, 6.07) is 5.37. The van der Waals surface area contributed by atoms with Gasteiger partial charge in [-0.25, -0.2) is 0 Å². The predicted octanol–water partition coefficient (Wildman–Crippen LogP) is 2.82. The van der Waals surface area contributed by atoms with Gasteiger partial charge in [-0.15, -0.1) is 0 Å². The second-order valence-corrected chi connectivity index (χ2v) is 6.00. The molecule has 1 atom stereocenters. The second kappa shape index (κ2) is 6.01. The lowest BCUT2D eigenvalue weighted by Crippen LogP contribution is -2.42. The summed E-state index contributed by atoms with van der Waals surface area (Å²) < 4.78 is 7.51. The van der Waals surface area contributed by atoms with Gasteiger partial charge < -0.3 is 9.64 Å². The molecular weight excluding hydrogens is 302 g/mol. The minimum absolute atomic E-state index is 0.0315. The van der Waals surface area contributed by atoms with Crippen LogP contribution in [-0.2, 0) is 18.3 Å². The van der Waals surface area contributed by atoms with E-state index < -0.39 is 0 Å². The van der Waals surface area contributed by atoms with Crippen molar-refractivity contribution >= 4 is 23.2 Å². The molecule has 1 amide bonds. The van der Waals surface area contributed by atoms with Crippen molar-refractivity contribution in [2.75, 3.05) is 11.4 Å². The zero-order chi connectivity index (χ0) is 15.7. The Balaban J connectivity index is 1.76. The monoisotopic (exact) mass is 319 g/mol. The Morgan fingerprint density at radius 2 is 2.32 bits per heavy atom. The molecule has 0 fully saturated rings. The van der Waals surface area contributed by atoms with E-state index in [0.29, 0.717) is 30.2 Å².